The number of aromatic nitrogens is 3. The maximum Gasteiger partial charge on any atom is 0.276 e. The number of amides is 2. The molecule has 2 heterocycles. The Balaban J connectivity index is 1.32. The Kier molecular flexibility index (Phi) is 7.07. The fourth-order valence-electron chi connectivity index (χ4n) is 4.78. The van der Waals surface area contributed by atoms with E-state index in [0.717, 1.165) is 17.9 Å². The molecule has 8 heteroatoms. The van der Waals surface area contributed by atoms with Crippen molar-refractivity contribution in [3.63, 3.8) is 0 Å². The predicted molar refractivity (Wildman–Crippen MR) is 121 cm³/mol. The van der Waals surface area contributed by atoms with E-state index in [9.17, 15) is 9.59 Å². The fourth-order valence-corrected chi connectivity index (χ4v) is 4.78. The maximum atomic E-state index is 13.1. The Morgan fingerprint density at radius 2 is 1.78 bits per heavy atom. The number of hydrogen-bond acceptors (Lipinski definition) is 5. The molecule has 1 saturated heterocycles. The van der Waals surface area contributed by atoms with Gasteiger partial charge in [0.05, 0.1) is 18.5 Å². The van der Waals surface area contributed by atoms with Gasteiger partial charge in [0.25, 0.3) is 5.91 Å². The highest BCUT2D eigenvalue weighted by molar-refractivity contribution is 5.93. The van der Waals surface area contributed by atoms with E-state index in [2.05, 4.69) is 10.3 Å². The minimum absolute atomic E-state index is 0.133. The van der Waals surface area contributed by atoms with E-state index >= 15 is 0 Å². The molecular weight excluding hydrogens is 406 g/mol. The lowest BCUT2D eigenvalue weighted by molar-refractivity contribution is -0.133. The molecule has 1 aromatic carbocycles. The highest BCUT2D eigenvalue weighted by Crippen LogP contribution is 2.27. The zero-order chi connectivity index (χ0) is 22.5. The molecular formula is C24H33N5O3. The molecule has 172 valence electrons. The monoisotopic (exact) mass is 439 g/mol. The van der Waals surface area contributed by atoms with Gasteiger partial charge >= 0.3 is 0 Å². The van der Waals surface area contributed by atoms with Gasteiger partial charge in [-0.25, -0.2) is 4.68 Å². The summed E-state index contributed by atoms with van der Waals surface area (Å²) in [5.74, 6) is 1.52. The summed E-state index contributed by atoms with van der Waals surface area (Å²) >= 11 is 0. The Morgan fingerprint density at radius 1 is 1.06 bits per heavy atom. The zero-order valence-electron chi connectivity index (χ0n) is 19.1. The molecule has 0 unspecified atom stereocenters. The second-order valence-corrected chi connectivity index (χ2v) is 8.85. The molecule has 0 atom stereocenters. The van der Waals surface area contributed by atoms with Gasteiger partial charge in [-0.2, -0.15) is 0 Å². The van der Waals surface area contributed by atoms with Crippen molar-refractivity contribution in [1.82, 2.24) is 24.8 Å². The number of carbonyl (C=O) groups excluding carboxylic acids is 2. The van der Waals surface area contributed by atoms with Crippen LogP contribution in [-0.2, 0) is 4.79 Å². The van der Waals surface area contributed by atoms with Crippen LogP contribution in [0.4, 0.5) is 0 Å². The van der Waals surface area contributed by atoms with Crippen LogP contribution < -0.4 is 4.74 Å². The van der Waals surface area contributed by atoms with E-state index in [1.807, 2.05) is 36.1 Å². The van der Waals surface area contributed by atoms with Crippen LogP contribution in [0.1, 0.15) is 61.1 Å². The summed E-state index contributed by atoms with van der Waals surface area (Å²) in [6, 6.07) is 7.49. The first-order valence-corrected chi connectivity index (χ1v) is 11.7. The molecule has 0 N–H and O–H groups in total. The first-order chi connectivity index (χ1) is 15.6. The number of benzene rings is 1. The number of rotatable bonds is 6. The first kappa shape index (κ1) is 22.3. The van der Waals surface area contributed by atoms with Gasteiger partial charge in [0.1, 0.15) is 5.75 Å². The third kappa shape index (κ3) is 4.95. The lowest BCUT2D eigenvalue weighted by atomic mass is 9.86. The van der Waals surface area contributed by atoms with Crippen LogP contribution in [0, 0.1) is 12.8 Å². The van der Waals surface area contributed by atoms with Gasteiger partial charge in [-0.1, -0.05) is 43.4 Å². The number of carbonyl (C=O) groups is 2. The summed E-state index contributed by atoms with van der Waals surface area (Å²) in [5.41, 5.74) is 1.83. The summed E-state index contributed by atoms with van der Waals surface area (Å²) in [6.07, 6.45) is 8.13. The molecule has 2 fully saturated rings. The Labute approximate surface area is 189 Å². The van der Waals surface area contributed by atoms with Crippen molar-refractivity contribution in [1.29, 1.82) is 0 Å². The molecule has 0 radical (unpaired) electrons. The topological polar surface area (TPSA) is 80.6 Å². The second-order valence-electron chi connectivity index (χ2n) is 8.85. The van der Waals surface area contributed by atoms with Gasteiger partial charge in [0, 0.05) is 38.7 Å². The highest BCUT2D eigenvalue weighted by Gasteiger charge is 2.28. The molecule has 2 aromatic rings. The van der Waals surface area contributed by atoms with E-state index in [-0.39, 0.29) is 11.8 Å². The third-order valence-electron chi connectivity index (χ3n) is 6.81. The SMILES string of the molecule is COc1cccc(-n2nnc(C(=O)N3CCN(C(=O)CCC4CCCCC4)CC3)c2C)c1. The van der Waals surface area contributed by atoms with Crippen molar-refractivity contribution < 1.29 is 14.3 Å². The molecule has 1 aliphatic carbocycles. The molecule has 4 rings (SSSR count). The van der Waals surface area contributed by atoms with Gasteiger partial charge in [-0.05, 0) is 31.4 Å². The quantitative estimate of drug-likeness (QED) is 0.690. The van der Waals surface area contributed by atoms with Crippen molar-refractivity contribution in [2.24, 2.45) is 5.92 Å². The Bertz CT molecular complexity index is 943. The summed E-state index contributed by atoms with van der Waals surface area (Å²) in [7, 11) is 1.61. The average molecular weight is 440 g/mol. The smallest absolute Gasteiger partial charge is 0.276 e. The van der Waals surface area contributed by atoms with Crippen LogP contribution >= 0.6 is 0 Å². The average Bonchev–Trinajstić information content (AvgIpc) is 3.24. The van der Waals surface area contributed by atoms with E-state index in [1.165, 1.54) is 32.1 Å². The molecule has 1 aromatic heterocycles. The molecule has 1 saturated carbocycles. The first-order valence-electron chi connectivity index (χ1n) is 11.7. The second kappa shape index (κ2) is 10.1. The molecule has 0 spiro atoms. The van der Waals surface area contributed by atoms with Crippen LogP contribution in [0.3, 0.4) is 0 Å². The normalized spacial score (nSPS) is 17.4. The van der Waals surface area contributed by atoms with Crippen molar-refractivity contribution in [2.45, 2.75) is 51.9 Å². The minimum atomic E-state index is -0.133. The molecule has 2 amide bonds. The van der Waals surface area contributed by atoms with E-state index in [0.29, 0.717) is 49.9 Å². The van der Waals surface area contributed by atoms with E-state index in [4.69, 9.17) is 4.74 Å². The van der Waals surface area contributed by atoms with Gasteiger partial charge in [-0.3, -0.25) is 9.59 Å². The van der Waals surface area contributed by atoms with Gasteiger partial charge < -0.3 is 14.5 Å². The summed E-state index contributed by atoms with van der Waals surface area (Å²) < 4.78 is 6.93. The van der Waals surface area contributed by atoms with Gasteiger partial charge in [0.2, 0.25) is 5.91 Å². The van der Waals surface area contributed by atoms with Crippen molar-refractivity contribution in [3.05, 3.63) is 35.7 Å². The molecule has 0 bridgehead atoms. The predicted octanol–water partition coefficient (Wildman–Crippen LogP) is 3.23. The largest absolute Gasteiger partial charge is 0.497 e. The number of hydrogen-bond donors (Lipinski definition) is 0. The molecule has 32 heavy (non-hydrogen) atoms. The minimum Gasteiger partial charge on any atom is -0.497 e. The Morgan fingerprint density at radius 3 is 2.50 bits per heavy atom. The Hall–Kier alpha value is -2.90. The van der Waals surface area contributed by atoms with Crippen LogP contribution in [0.5, 0.6) is 5.75 Å². The van der Waals surface area contributed by atoms with Crippen molar-refractivity contribution in [3.8, 4) is 11.4 Å². The number of ether oxygens (including phenoxy) is 1. The lowest BCUT2D eigenvalue weighted by Gasteiger charge is -2.35. The number of methoxy groups -OCH3 is 1. The molecule has 8 nitrogen and oxygen atoms in total. The van der Waals surface area contributed by atoms with E-state index < -0.39 is 0 Å². The summed E-state index contributed by atoms with van der Waals surface area (Å²) in [4.78, 5) is 29.4. The highest BCUT2D eigenvalue weighted by atomic mass is 16.5. The summed E-state index contributed by atoms with van der Waals surface area (Å²) in [6.45, 7) is 4.06. The standard InChI is InChI=1S/C24H33N5O3/c1-18-23(25-26-29(18)20-9-6-10-21(17-20)32-2)24(31)28-15-13-27(14-16-28)22(30)12-11-19-7-4-3-5-8-19/h6,9-10,17,19H,3-5,7-8,11-16H2,1-2H3. The van der Waals surface area contributed by atoms with Gasteiger partial charge in [-0.15, -0.1) is 5.10 Å². The van der Waals surface area contributed by atoms with Crippen LogP contribution in [0.15, 0.2) is 24.3 Å². The molecule has 1 aliphatic heterocycles. The number of nitrogens with zero attached hydrogens (tertiary/aromatic N) is 5. The van der Waals surface area contributed by atoms with Crippen LogP contribution in [-0.4, -0.2) is 69.9 Å². The fraction of sp³-hybridized carbons (Fsp3) is 0.583. The van der Waals surface area contributed by atoms with Crippen LogP contribution in [0.25, 0.3) is 5.69 Å². The maximum absolute atomic E-state index is 13.1. The molecule has 2 aliphatic rings. The summed E-state index contributed by atoms with van der Waals surface area (Å²) in [5, 5.41) is 8.35. The zero-order valence-corrected chi connectivity index (χ0v) is 19.1. The van der Waals surface area contributed by atoms with Crippen molar-refractivity contribution >= 4 is 11.8 Å². The lowest BCUT2D eigenvalue weighted by Crippen LogP contribution is -2.50. The van der Waals surface area contributed by atoms with Crippen LogP contribution in [0.2, 0.25) is 0 Å². The van der Waals surface area contributed by atoms with E-state index in [1.54, 1.807) is 16.7 Å². The number of piperazine rings is 1. The third-order valence-corrected chi connectivity index (χ3v) is 6.81. The van der Waals surface area contributed by atoms with Crippen molar-refractivity contribution in [2.75, 3.05) is 33.3 Å². The van der Waals surface area contributed by atoms with Gasteiger partial charge in [0.15, 0.2) is 5.69 Å².